The number of rotatable bonds is 5. The summed E-state index contributed by atoms with van der Waals surface area (Å²) in [5.41, 5.74) is 0.581. The van der Waals surface area contributed by atoms with Crippen LogP contribution in [0.1, 0.15) is 46.5 Å². The number of ether oxygens (including phenoxy) is 1. The standard InChI is InChI=1S/C13H27NO/c1-5-14(10-11-15-4)12-6-8-13(2,3)9-7-12/h12H,5-11H2,1-4H3. The van der Waals surface area contributed by atoms with E-state index < -0.39 is 0 Å². The van der Waals surface area contributed by atoms with E-state index in [4.69, 9.17) is 4.74 Å². The fourth-order valence-electron chi connectivity index (χ4n) is 2.56. The normalized spacial score (nSPS) is 22.2. The highest BCUT2D eigenvalue weighted by atomic mass is 16.5. The molecule has 2 nitrogen and oxygen atoms in total. The third kappa shape index (κ3) is 4.12. The van der Waals surface area contributed by atoms with E-state index in [-0.39, 0.29) is 0 Å². The maximum atomic E-state index is 5.16. The Kier molecular flexibility index (Phi) is 5.07. The minimum absolute atomic E-state index is 0.581. The second-order valence-corrected chi connectivity index (χ2v) is 5.52. The molecule has 0 atom stereocenters. The average molecular weight is 213 g/mol. The van der Waals surface area contributed by atoms with Gasteiger partial charge in [0.2, 0.25) is 0 Å². The highest BCUT2D eigenvalue weighted by Crippen LogP contribution is 2.36. The Morgan fingerprint density at radius 2 is 1.87 bits per heavy atom. The molecule has 0 bridgehead atoms. The lowest BCUT2D eigenvalue weighted by Crippen LogP contribution is -2.41. The van der Waals surface area contributed by atoms with Gasteiger partial charge in [0.05, 0.1) is 6.61 Å². The molecule has 1 saturated carbocycles. The van der Waals surface area contributed by atoms with Crippen LogP contribution in [0.4, 0.5) is 0 Å². The Labute approximate surface area is 95.0 Å². The zero-order valence-corrected chi connectivity index (χ0v) is 10.9. The predicted octanol–water partition coefficient (Wildman–Crippen LogP) is 2.92. The fourth-order valence-corrected chi connectivity index (χ4v) is 2.56. The Morgan fingerprint density at radius 3 is 2.33 bits per heavy atom. The van der Waals surface area contributed by atoms with Gasteiger partial charge in [-0.15, -0.1) is 0 Å². The van der Waals surface area contributed by atoms with Crippen molar-refractivity contribution in [3.63, 3.8) is 0 Å². The van der Waals surface area contributed by atoms with Crippen LogP contribution in [0, 0.1) is 5.41 Å². The highest BCUT2D eigenvalue weighted by Gasteiger charge is 2.29. The van der Waals surface area contributed by atoms with Gasteiger partial charge >= 0.3 is 0 Å². The van der Waals surface area contributed by atoms with Crippen molar-refractivity contribution in [2.75, 3.05) is 26.8 Å². The molecule has 1 rings (SSSR count). The minimum Gasteiger partial charge on any atom is -0.383 e. The van der Waals surface area contributed by atoms with Crippen LogP contribution in [-0.4, -0.2) is 37.7 Å². The summed E-state index contributed by atoms with van der Waals surface area (Å²) in [6.07, 6.45) is 5.48. The van der Waals surface area contributed by atoms with E-state index in [9.17, 15) is 0 Å². The summed E-state index contributed by atoms with van der Waals surface area (Å²) in [6.45, 7) is 10.2. The van der Waals surface area contributed by atoms with Crippen LogP contribution >= 0.6 is 0 Å². The van der Waals surface area contributed by atoms with Gasteiger partial charge in [0.1, 0.15) is 0 Å². The van der Waals surface area contributed by atoms with E-state index in [1.165, 1.54) is 25.7 Å². The molecule has 0 radical (unpaired) electrons. The third-order valence-electron chi connectivity index (χ3n) is 3.81. The Bertz CT molecular complexity index is 169. The molecule has 0 N–H and O–H groups in total. The number of likely N-dealkylation sites (N-methyl/N-ethyl adjacent to an activating group) is 1. The van der Waals surface area contributed by atoms with Crippen LogP contribution in [0.2, 0.25) is 0 Å². The molecule has 0 aromatic rings. The van der Waals surface area contributed by atoms with Gasteiger partial charge in [-0.2, -0.15) is 0 Å². The Hall–Kier alpha value is -0.0800. The molecule has 15 heavy (non-hydrogen) atoms. The molecule has 0 aromatic heterocycles. The summed E-state index contributed by atoms with van der Waals surface area (Å²) >= 11 is 0. The van der Waals surface area contributed by atoms with E-state index in [0.717, 1.165) is 25.7 Å². The Morgan fingerprint density at radius 1 is 1.27 bits per heavy atom. The minimum atomic E-state index is 0.581. The van der Waals surface area contributed by atoms with Crippen LogP contribution in [0.3, 0.4) is 0 Å². The summed E-state index contributed by atoms with van der Waals surface area (Å²) in [5.74, 6) is 0. The van der Waals surface area contributed by atoms with E-state index in [0.29, 0.717) is 5.41 Å². The number of nitrogens with zero attached hydrogens (tertiary/aromatic N) is 1. The molecule has 1 fully saturated rings. The quantitative estimate of drug-likeness (QED) is 0.696. The highest BCUT2D eigenvalue weighted by molar-refractivity contribution is 4.83. The van der Waals surface area contributed by atoms with Gasteiger partial charge < -0.3 is 4.74 Å². The monoisotopic (exact) mass is 213 g/mol. The molecule has 2 heteroatoms. The van der Waals surface area contributed by atoms with Crippen LogP contribution in [0.5, 0.6) is 0 Å². The summed E-state index contributed by atoms with van der Waals surface area (Å²) in [4.78, 5) is 2.58. The van der Waals surface area contributed by atoms with Gasteiger partial charge in [0, 0.05) is 19.7 Å². The maximum absolute atomic E-state index is 5.16. The lowest BCUT2D eigenvalue weighted by Gasteiger charge is -2.39. The van der Waals surface area contributed by atoms with Crippen molar-refractivity contribution < 1.29 is 4.74 Å². The largest absolute Gasteiger partial charge is 0.383 e. The van der Waals surface area contributed by atoms with Crippen molar-refractivity contribution in [1.29, 1.82) is 0 Å². The number of methoxy groups -OCH3 is 1. The molecular weight excluding hydrogens is 186 g/mol. The summed E-state index contributed by atoms with van der Waals surface area (Å²) in [7, 11) is 1.79. The fraction of sp³-hybridized carbons (Fsp3) is 1.00. The van der Waals surface area contributed by atoms with Crippen molar-refractivity contribution in [2.24, 2.45) is 5.41 Å². The van der Waals surface area contributed by atoms with Crippen molar-refractivity contribution in [1.82, 2.24) is 4.90 Å². The van der Waals surface area contributed by atoms with Gasteiger partial charge in [-0.05, 0) is 37.6 Å². The molecule has 0 amide bonds. The SMILES string of the molecule is CCN(CCOC)C1CCC(C)(C)CC1. The molecule has 0 spiro atoms. The predicted molar refractivity (Wildman–Crippen MR) is 65.2 cm³/mol. The van der Waals surface area contributed by atoms with Crippen LogP contribution in [0.25, 0.3) is 0 Å². The molecule has 90 valence electrons. The average Bonchev–Trinajstić information content (AvgIpc) is 2.21. The Balaban J connectivity index is 2.35. The van der Waals surface area contributed by atoms with E-state index in [1.54, 1.807) is 7.11 Å². The van der Waals surface area contributed by atoms with Crippen LogP contribution in [-0.2, 0) is 4.74 Å². The van der Waals surface area contributed by atoms with Gasteiger partial charge in [-0.3, -0.25) is 4.90 Å². The lowest BCUT2D eigenvalue weighted by atomic mass is 9.75. The molecule has 0 saturated heterocycles. The zero-order valence-electron chi connectivity index (χ0n) is 10.9. The molecule has 0 heterocycles. The molecule has 1 aliphatic carbocycles. The first-order chi connectivity index (χ1) is 7.09. The zero-order chi connectivity index (χ0) is 11.3. The number of hydrogen-bond acceptors (Lipinski definition) is 2. The van der Waals surface area contributed by atoms with Gasteiger partial charge in [0.15, 0.2) is 0 Å². The second kappa shape index (κ2) is 5.86. The topological polar surface area (TPSA) is 12.5 Å². The van der Waals surface area contributed by atoms with E-state index in [2.05, 4.69) is 25.7 Å². The van der Waals surface area contributed by atoms with Crippen molar-refractivity contribution in [3.05, 3.63) is 0 Å². The second-order valence-electron chi connectivity index (χ2n) is 5.52. The van der Waals surface area contributed by atoms with Crippen molar-refractivity contribution >= 4 is 0 Å². The van der Waals surface area contributed by atoms with Gasteiger partial charge in [-0.25, -0.2) is 0 Å². The molecule has 0 aliphatic heterocycles. The summed E-state index contributed by atoms with van der Waals surface area (Å²) in [5, 5.41) is 0. The van der Waals surface area contributed by atoms with Gasteiger partial charge in [-0.1, -0.05) is 20.8 Å². The smallest absolute Gasteiger partial charge is 0.0589 e. The summed E-state index contributed by atoms with van der Waals surface area (Å²) < 4.78 is 5.16. The molecule has 0 unspecified atom stereocenters. The molecule has 1 aliphatic rings. The molecular formula is C13H27NO. The summed E-state index contributed by atoms with van der Waals surface area (Å²) in [6, 6.07) is 0.804. The van der Waals surface area contributed by atoms with Crippen molar-refractivity contribution in [2.45, 2.75) is 52.5 Å². The third-order valence-corrected chi connectivity index (χ3v) is 3.81. The lowest BCUT2D eigenvalue weighted by molar-refractivity contribution is 0.0811. The first-order valence-corrected chi connectivity index (χ1v) is 6.32. The number of hydrogen-bond donors (Lipinski definition) is 0. The van der Waals surface area contributed by atoms with E-state index >= 15 is 0 Å². The first kappa shape index (κ1) is 13.0. The van der Waals surface area contributed by atoms with Crippen LogP contribution < -0.4 is 0 Å². The maximum Gasteiger partial charge on any atom is 0.0589 e. The van der Waals surface area contributed by atoms with E-state index in [1.807, 2.05) is 0 Å². The van der Waals surface area contributed by atoms with Gasteiger partial charge in [0.25, 0.3) is 0 Å². The van der Waals surface area contributed by atoms with Crippen LogP contribution in [0.15, 0.2) is 0 Å². The first-order valence-electron chi connectivity index (χ1n) is 6.32. The molecule has 0 aromatic carbocycles. The van der Waals surface area contributed by atoms with Crippen molar-refractivity contribution in [3.8, 4) is 0 Å².